The summed E-state index contributed by atoms with van der Waals surface area (Å²) in [5.41, 5.74) is 0.897. The Bertz CT molecular complexity index is 494. The fraction of sp³-hybridized carbons (Fsp3) is 0.714. The molecule has 0 fully saturated rings. The number of hydrogen-bond donors (Lipinski definition) is 2. The number of nitrogens with zero attached hydrogens (tertiary/aromatic N) is 1. The maximum absolute atomic E-state index is 12.4. The van der Waals surface area contributed by atoms with Gasteiger partial charge in [-0.3, -0.25) is 0 Å². The average Bonchev–Trinajstić information content (AvgIpc) is 2.85. The molecule has 2 N–H and O–H groups in total. The lowest BCUT2D eigenvalue weighted by molar-refractivity contribution is 0.428. The summed E-state index contributed by atoms with van der Waals surface area (Å²) in [5, 5.41) is 3.25. The van der Waals surface area contributed by atoms with Gasteiger partial charge in [0.1, 0.15) is 0 Å². The van der Waals surface area contributed by atoms with Crippen molar-refractivity contribution in [3.05, 3.63) is 18.0 Å². The predicted octanol–water partition coefficient (Wildman–Crippen LogP) is 2.18. The smallest absolute Gasteiger partial charge is 0.244 e. The summed E-state index contributed by atoms with van der Waals surface area (Å²) < 4.78 is 26.2. The molecule has 0 aliphatic carbocycles. The molecule has 0 unspecified atom stereocenters. The second-order valence-corrected chi connectivity index (χ2v) is 7.59. The van der Waals surface area contributed by atoms with E-state index in [9.17, 15) is 8.42 Å². The van der Waals surface area contributed by atoms with Gasteiger partial charge in [-0.25, -0.2) is 12.7 Å². The molecule has 0 radical (unpaired) electrons. The van der Waals surface area contributed by atoms with Crippen molar-refractivity contribution in [2.24, 2.45) is 5.92 Å². The summed E-state index contributed by atoms with van der Waals surface area (Å²) in [4.78, 5) is 3.37. The average molecular weight is 301 g/mol. The molecule has 0 aliphatic rings. The number of aromatic amines is 1. The molecule has 0 atom stereocenters. The van der Waals surface area contributed by atoms with E-state index in [0.717, 1.165) is 25.1 Å². The van der Waals surface area contributed by atoms with Gasteiger partial charge in [0.05, 0.1) is 4.90 Å². The Kier molecular flexibility index (Phi) is 6.71. The molecule has 0 aromatic carbocycles. The molecule has 1 heterocycles. The normalized spacial score (nSPS) is 12.5. The number of aromatic nitrogens is 1. The van der Waals surface area contributed by atoms with Gasteiger partial charge >= 0.3 is 0 Å². The van der Waals surface area contributed by atoms with E-state index in [2.05, 4.69) is 31.1 Å². The third kappa shape index (κ3) is 4.92. The lowest BCUT2D eigenvalue weighted by Gasteiger charge is -2.17. The van der Waals surface area contributed by atoms with E-state index < -0.39 is 10.0 Å². The maximum Gasteiger partial charge on any atom is 0.244 e. The summed E-state index contributed by atoms with van der Waals surface area (Å²) in [6, 6.07) is 1.71. The Morgan fingerprint density at radius 1 is 1.40 bits per heavy atom. The van der Waals surface area contributed by atoms with Crippen molar-refractivity contribution in [1.82, 2.24) is 14.6 Å². The van der Waals surface area contributed by atoms with E-state index in [1.165, 1.54) is 4.31 Å². The second-order valence-electron chi connectivity index (χ2n) is 5.55. The molecule has 1 aromatic heterocycles. The standard InChI is InChI=1S/C14H27N3O2S/c1-5-7-15-10-13-9-14(11-16-13)20(18,19)17(4)8-6-12(2)3/h9,11-12,15-16H,5-8,10H2,1-4H3. The number of nitrogens with one attached hydrogen (secondary N) is 2. The molecular weight excluding hydrogens is 274 g/mol. The topological polar surface area (TPSA) is 65.2 Å². The van der Waals surface area contributed by atoms with Crippen LogP contribution < -0.4 is 5.32 Å². The van der Waals surface area contributed by atoms with Crippen molar-refractivity contribution in [3.63, 3.8) is 0 Å². The number of rotatable bonds is 9. The van der Waals surface area contributed by atoms with Crippen molar-refractivity contribution in [3.8, 4) is 0 Å². The van der Waals surface area contributed by atoms with E-state index in [1.54, 1.807) is 19.3 Å². The van der Waals surface area contributed by atoms with Crippen molar-refractivity contribution in [2.75, 3.05) is 20.1 Å². The molecule has 116 valence electrons. The first-order valence-corrected chi connectivity index (χ1v) is 8.66. The molecule has 1 aromatic rings. The first-order chi connectivity index (χ1) is 9.37. The maximum atomic E-state index is 12.4. The minimum atomic E-state index is -3.37. The minimum absolute atomic E-state index is 0.344. The van der Waals surface area contributed by atoms with Crippen molar-refractivity contribution < 1.29 is 8.42 Å². The zero-order chi connectivity index (χ0) is 15.2. The Morgan fingerprint density at radius 3 is 2.70 bits per heavy atom. The van der Waals surface area contributed by atoms with E-state index in [-0.39, 0.29) is 0 Å². The zero-order valence-corrected chi connectivity index (χ0v) is 13.8. The summed E-state index contributed by atoms with van der Waals surface area (Å²) >= 11 is 0. The van der Waals surface area contributed by atoms with Gasteiger partial charge in [-0.05, 0) is 31.4 Å². The van der Waals surface area contributed by atoms with E-state index in [0.29, 0.717) is 23.9 Å². The number of sulfonamides is 1. The van der Waals surface area contributed by atoms with Crippen LogP contribution in [-0.4, -0.2) is 37.8 Å². The van der Waals surface area contributed by atoms with Crippen LogP contribution in [0.15, 0.2) is 17.2 Å². The fourth-order valence-corrected chi connectivity index (χ4v) is 3.01. The van der Waals surface area contributed by atoms with Gasteiger partial charge in [-0.1, -0.05) is 20.8 Å². The van der Waals surface area contributed by atoms with Gasteiger partial charge in [-0.15, -0.1) is 0 Å². The first kappa shape index (κ1) is 17.2. The molecule has 1 rings (SSSR count). The highest BCUT2D eigenvalue weighted by molar-refractivity contribution is 7.89. The first-order valence-electron chi connectivity index (χ1n) is 7.22. The van der Waals surface area contributed by atoms with Gasteiger partial charge in [-0.2, -0.15) is 0 Å². The van der Waals surface area contributed by atoms with Gasteiger partial charge in [0.25, 0.3) is 0 Å². The minimum Gasteiger partial charge on any atom is -0.363 e. The summed E-state index contributed by atoms with van der Waals surface area (Å²) in [7, 11) is -1.73. The van der Waals surface area contributed by atoms with Crippen LogP contribution in [0, 0.1) is 5.92 Å². The van der Waals surface area contributed by atoms with Crippen LogP contribution in [0.5, 0.6) is 0 Å². The molecule has 0 saturated carbocycles. The lowest BCUT2D eigenvalue weighted by Crippen LogP contribution is -2.28. The SMILES string of the molecule is CCCNCc1cc(S(=O)(=O)N(C)CCC(C)C)c[nH]1. The van der Waals surface area contributed by atoms with Crippen LogP contribution in [0.4, 0.5) is 0 Å². The van der Waals surface area contributed by atoms with Gasteiger partial charge in [0.2, 0.25) is 10.0 Å². The largest absolute Gasteiger partial charge is 0.363 e. The van der Waals surface area contributed by atoms with Crippen molar-refractivity contribution in [2.45, 2.75) is 45.1 Å². The highest BCUT2D eigenvalue weighted by atomic mass is 32.2. The van der Waals surface area contributed by atoms with Crippen LogP contribution in [0.3, 0.4) is 0 Å². The quantitative estimate of drug-likeness (QED) is 0.687. The monoisotopic (exact) mass is 301 g/mol. The molecule has 5 nitrogen and oxygen atoms in total. The highest BCUT2D eigenvalue weighted by Gasteiger charge is 2.21. The Morgan fingerprint density at radius 2 is 2.10 bits per heavy atom. The summed E-state index contributed by atoms with van der Waals surface area (Å²) in [6.45, 7) is 8.42. The zero-order valence-electron chi connectivity index (χ0n) is 12.9. The van der Waals surface area contributed by atoms with Crippen LogP contribution in [0.2, 0.25) is 0 Å². The fourth-order valence-electron chi connectivity index (χ4n) is 1.81. The molecule has 0 aliphatic heterocycles. The molecule has 0 spiro atoms. The molecule has 0 saturated heterocycles. The second kappa shape index (κ2) is 7.81. The highest BCUT2D eigenvalue weighted by Crippen LogP contribution is 2.16. The number of hydrogen-bond acceptors (Lipinski definition) is 3. The van der Waals surface area contributed by atoms with E-state index >= 15 is 0 Å². The lowest BCUT2D eigenvalue weighted by atomic mass is 10.1. The molecule has 0 bridgehead atoms. The van der Waals surface area contributed by atoms with Gasteiger partial charge < -0.3 is 10.3 Å². The van der Waals surface area contributed by atoms with Gasteiger partial charge in [0, 0.05) is 32.0 Å². The third-order valence-corrected chi connectivity index (χ3v) is 5.02. The Hall–Kier alpha value is -0.850. The molecule has 0 amide bonds. The molecule has 20 heavy (non-hydrogen) atoms. The predicted molar refractivity (Wildman–Crippen MR) is 82.1 cm³/mol. The van der Waals surface area contributed by atoms with Crippen LogP contribution >= 0.6 is 0 Å². The van der Waals surface area contributed by atoms with E-state index in [4.69, 9.17) is 0 Å². The van der Waals surface area contributed by atoms with Crippen LogP contribution in [-0.2, 0) is 16.6 Å². The van der Waals surface area contributed by atoms with E-state index in [1.807, 2.05) is 0 Å². The Labute approximate surface area is 122 Å². The van der Waals surface area contributed by atoms with Crippen molar-refractivity contribution >= 4 is 10.0 Å². The van der Waals surface area contributed by atoms with Crippen LogP contribution in [0.25, 0.3) is 0 Å². The molecule has 6 heteroatoms. The summed E-state index contributed by atoms with van der Waals surface area (Å²) in [6.07, 6.45) is 3.50. The Balaban J connectivity index is 2.67. The van der Waals surface area contributed by atoms with Gasteiger partial charge in [0.15, 0.2) is 0 Å². The summed E-state index contributed by atoms with van der Waals surface area (Å²) in [5.74, 6) is 0.493. The molecular formula is C14H27N3O2S. The van der Waals surface area contributed by atoms with Crippen LogP contribution in [0.1, 0.15) is 39.3 Å². The van der Waals surface area contributed by atoms with Crippen molar-refractivity contribution in [1.29, 1.82) is 0 Å². The third-order valence-electron chi connectivity index (χ3n) is 3.19. The number of H-pyrrole nitrogens is 1.